The summed E-state index contributed by atoms with van der Waals surface area (Å²) < 4.78 is 65.4. The van der Waals surface area contributed by atoms with Crippen LogP contribution in [0.1, 0.15) is 47.4 Å². The van der Waals surface area contributed by atoms with Gasteiger partial charge in [0, 0.05) is 31.1 Å². The van der Waals surface area contributed by atoms with E-state index in [0.717, 1.165) is 67.9 Å². The molecule has 0 unspecified atom stereocenters. The average molecular weight is 517 g/mol. The number of alkyl halides is 3. The molecule has 1 aliphatic heterocycles. The van der Waals surface area contributed by atoms with E-state index in [1.807, 2.05) is 6.08 Å². The third-order valence-electron chi connectivity index (χ3n) is 6.50. The Hall–Kier alpha value is -3.23. The van der Waals surface area contributed by atoms with Gasteiger partial charge in [-0.2, -0.15) is 13.2 Å². The van der Waals surface area contributed by atoms with Gasteiger partial charge in [0.1, 0.15) is 11.6 Å². The van der Waals surface area contributed by atoms with Crippen LogP contribution in [0.5, 0.6) is 0 Å². The van der Waals surface area contributed by atoms with Crippen LogP contribution in [-0.2, 0) is 17.6 Å². The second kappa shape index (κ2) is 12.3. The van der Waals surface area contributed by atoms with Crippen molar-refractivity contribution in [1.29, 1.82) is 0 Å². The number of nitrogens with zero attached hydrogens (tertiary/aromatic N) is 1. The van der Waals surface area contributed by atoms with E-state index in [9.17, 15) is 22.0 Å². The molecule has 0 bridgehead atoms. The Labute approximate surface area is 213 Å². The van der Waals surface area contributed by atoms with Crippen LogP contribution < -0.4 is 5.48 Å². The van der Waals surface area contributed by atoms with Crippen molar-refractivity contribution in [2.75, 3.05) is 19.6 Å². The second-order valence-electron chi connectivity index (χ2n) is 9.17. The predicted molar refractivity (Wildman–Crippen MR) is 132 cm³/mol. The Kier molecular flexibility index (Phi) is 8.95. The molecule has 0 spiro atoms. The molecule has 3 aromatic carbocycles. The summed E-state index contributed by atoms with van der Waals surface area (Å²) in [6.45, 7) is 2.45. The molecule has 196 valence electrons. The van der Waals surface area contributed by atoms with Crippen LogP contribution in [0.25, 0.3) is 0 Å². The van der Waals surface area contributed by atoms with E-state index < -0.39 is 11.7 Å². The molecular formula is C29H29F5N2O. The number of hydrogen-bond donors (Lipinski definition) is 1. The average Bonchev–Trinajstić information content (AvgIpc) is 2.89. The van der Waals surface area contributed by atoms with E-state index in [2.05, 4.69) is 10.4 Å². The molecule has 0 aromatic heterocycles. The highest BCUT2D eigenvalue weighted by Crippen LogP contribution is 2.31. The number of benzene rings is 3. The monoisotopic (exact) mass is 516 g/mol. The van der Waals surface area contributed by atoms with E-state index in [1.54, 1.807) is 30.3 Å². The first-order valence-electron chi connectivity index (χ1n) is 12.2. The highest BCUT2D eigenvalue weighted by molar-refractivity contribution is 5.33. The van der Waals surface area contributed by atoms with Gasteiger partial charge in [0.2, 0.25) is 0 Å². The number of nitrogens with one attached hydrogen (secondary N) is 1. The van der Waals surface area contributed by atoms with Crippen LogP contribution in [-0.4, -0.2) is 24.5 Å². The van der Waals surface area contributed by atoms with Gasteiger partial charge < -0.3 is 0 Å². The summed E-state index contributed by atoms with van der Waals surface area (Å²) in [5.41, 5.74) is 5.51. The zero-order valence-electron chi connectivity index (χ0n) is 20.3. The van der Waals surface area contributed by atoms with Crippen molar-refractivity contribution in [3.8, 4) is 0 Å². The minimum atomic E-state index is -4.38. The van der Waals surface area contributed by atoms with Crippen LogP contribution in [0.3, 0.4) is 0 Å². The van der Waals surface area contributed by atoms with Crippen LogP contribution in [0, 0.1) is 11.6 Å². The lowest BCUT2D eigenvalue weighted by Gasteiger charge is -2.27. The summed E-state index contributed by atoms with van der Waals surface area (Å²) in [7, 11) is 0. The standard InChI is InChI=1S/C29H29F5N2O/c30-25-10-6-22(7-11-25)28(23-8-12-26(31)13-9-23)5-2-16-36-17-14-27(15-18-36)35-37-20-21-3-1-4-24(19-21)29(32,33)34/h1,3-4,6-14,19,28,35H,2,5,15-18,20H2. The first-order valence-corrected chi connectivity index (χ1v) is 12.2. The molecule has 0 saturated carbocycles. The maximum absolute atomic E-state index is 13.4. The normalized spacial score (nSPS) is 14.6. The number of halogens is 5. The molecule has 1 N–H and O–H groups in total. The van der Waals surface area contributed by atoms with Crippen LogP contribution in [0.2, 0.25) is 0 Å². The fourth-order valence-electron chi connectivity index (χ4n) is 4.49. The highest BCUT2D eigenvalue weighted by atomic mass is 19.4. The van der Waals surface area contributed by atoms with Gasteiger partial charge in [-0.25, -0.2) is 8.78 Å². The summed E-state index contributed by atoms with van der Waals surface area (Å²) >= 11 is 0. The Morgan fingerprint density at radius 1 is 0.892 bits per heavy atom. The molecule has 0 aliphatic carbocycles. The maximum atomic E-state index is 13.4. The predicted octanol–water partition coefficient (Wildman–Crippen LogP) is 7.21. The van der Waals surface area contributed by atoms with Crippen LogP contribution in [0.15, 0.2) is 84.6 Å². The molecule has 37 heavy (non-hydrogen) atoms. The lowest BCUT2D eigenvalue weighted by Crippen LogP contribution is -2.32. The quantitative estimate of drug-likeness (QED) is 0.228. The summed E-state index contributed by atoms with van der Waals surface area (Å²) in [5.74, 6) is -0.530. The van der Waals surface area contributed by atoms with Gasteiger partial charge >= 0.3 is 6.18 Å². The number of hydrogen-bond acceptors (Lipinski definition) is 3. The molecule has 0 saturated heterocycles. The molecule has 4 rings (SSSR count). The summed E-state index contributed by atoms with van der Waals surface area (Å²) in [6, 6.07) is 18.0. The van der Waals surface area contributed by atoms with E-state index in [4.69, 9.17) is 4.84 Å². The van der Waals surface area contributed by atoms with Crippen LogP contribution in [0.4, 0.5) is 22.0 Å². The van der Waals surface area contributed by atoms with Gasteiger partial charge in [0.15, 0.2) is 0 Å². The minimum absolute atomic E-state index is 0.0269. The van der Waals surface area contributed by atoms with Crippen LogP contribution >= 0.6 is 0 Å². The largest absolute Gasteiger partial charge is 0.416 e. The Morgan fingerprint density at radius 2 is 1.54 bits per heavy atom. The van der Waals surface area contributed by atoms with E-state index in [-0.39, 0.29) is 24.2 Å². The summed E-state index contributed by atoms with van der Waals surface area (Å²) in [4.78, 5) is 7.74. The summed E-state index contributed by atoms with van der Waals surface area (Å²) in [6.07, 6.45) is 0.122. The van der Waals surface area contributed by atoms with Gasteiger partial charge in [0.05, 0.1) is 12.2 Å². The van der Waals surface area contributed by atoms with Crippen molar-refractivity contribution in [1.82, 2.24) is 10.4 Å². The Bertz CT molecular complexity index is 1130. The maximum Gasteiger partial charge on any atom is 0.416 e. The van der Waals surface area contributed by atoms with E-state index in [1.165, 1.54) is 30.3 Å². The first-order chi connectivity index (χ1) is 17.8. The molecule has 8 heteroatoms. The van der Waals surface area contributed by atoms with E-state index in [0.29, 0.717) is 5.56 Å². The third-order valence-corrected chi connectivity index (χ3v) is 6.50. The summed E-state index contributed by atoms with van der Waals surface area (Å²) in [5, 5.41) is 0. The van der Waals surface area contributed by atoms with Crippen molar-refractivity contribution in [3.63, 3.8) is 0 Å². The number of hydroxylamine groups is 1. The van der Waals surface area contributed by atoms with Crippen molar-refractivity contribution < 1.29 is 26.8 Å². The fraction of sp³-hybridized carbons (Fsp3) is 0.310. The second-order valence-corrected chi connectivity index (χ2v) is 9.17. The Balaban J connectivity index is 1.25. The molecule has 0 atom stereocenters. The lowest BCUT2D eigenvalue weighted by molar-refractivity contribution is -0.137. The van der Waals surface area contributed by atoms with Crippen molar-refractivity contribution in [3.05, 3.63) is 118 Å². The van der Waals surface area contributed by atoms with Crippen molar-refractivity contribution >= 4 is 0 Å². The molecule has 0 amide bonds. The molecular weight excluding hydrogens is 487 g/mol. The van der Waals surface area contributed by atoms with Gasteiger partial charge in [-0.1, -0.05) is 36.4 Å². The van der Waals surface area contributed by atoms with E-state index >= 15 is 0 Å². The molecule has 1 heterocycles. The highest BCUT2D eigenvalue weighted by Gasteiger charge is 2.30. The molecule has 1 aliphatic rings. The van der Waals surface area contributed by atoms with Gasteiger partial charge in [-0.05, 0) is 78.6 Å². The number of rotatable bonds is 10. The zero-order valence-corrected chi connectivity index (χ0v) is 20.3. The SMILES string of the molecule is Fc1ccc(C(CCCN2CC=C(NOCc3cccc(C(F)(F)F)c3)CC2)c2ccc(F)cc2)cc1. The lowest BCUT2D eigenvalue weighted by atomic mass is 9.87. The molecule has 3 aromatic rings. The fourth-order valence-corrected chi connectivity index (χ4v) is 4.49. The molecule has 0 radical (unpaired) electrons. The van der Waals surface area contributed by atoms with Crippen molar-refractivity contribution in [2.24, 2.45) is 0 Å². The topological polar surface area (TPSA) is 24.5 Å². The smallest absolute Gasteiger partial charge is 0.299 e. The Morgan fingerprint density at radius 3 is 2.11 bits per heavy atom. The van der Waals surface area contributed by atoms with Gasteiger partial charge in [-0.15, -0.1) is 0 Å². The van der Waals surface area contributed by atoms with Gasteiger partial charge in [0.25, 0.3) is 0 Å². The molecule has 3 nitrogen and oxygen atoms in total. The third kappa shape index (κ3) is 7.87. The minimum Gasteiger partial charge on any atom is -0.299 e. The first kappa shape index (κ1) is 26.8. The van der Waals surface area contributed by atoms with Gasteiger partial charge in [-0.3, -0.25) is 15.2 Å². The molecule has 0 fully saturated rings. The zero-order chi connectivity index (χ0) is 26.3. The van der Waals surface area contributed by atoms with Crippen molar-refractivity contribution in [2.45, 2.75) is 38.0 Å².